The van der Waals surface area contributed by atoms with Crippen LogP contribution >= 0.6 is 0 Å². The molecule has 1 aliphatic carbocycles. The fraction of sp³-hybridized carbons (Fsp3) is 0.583. The largest absolute Gasteiger partial charge is 0.411 e. The van der Waals surface area contributed by atoms with E-state index in [4.69, 9.17) is 5.21 Å². The second kappa shape index (κ2) is 4.20. The molecule has 0 saturated carbocycles. The van der Waals surface area contributed by atoms with E-state index in [0.717, 1.165) is 0 Å². The molecule has 1 aliphatic rings. The molecule has 1 unspecified atom stereocenters. The lowest BCUT2D eigenvalue weighted by Gasteiger charge is -2.29. The number of carbonyl (C=O) groups is 2. The quantitative estimate of drug-likeness (QED) is 0.336. The summed E-state index contributed by atoms with van der Waals surface area (Å²) in [6.07, 6.45) is 3.00. The molecule has 16 heavy (non-hydrogen) atoms. The van der Waals surface area contributed by atoms with Gasteiger partial charge in [-0.2, -0.15) is 0 Å². The summed E-state index contributed by atoms with van der Waals surface area (Å²) in [6.45, 7) is 7.09. The number of rotatable bonds is 2. The summed E-state index contributed by atoms with van der Waals surface area (Å²) in [5, 5.41) is 12.0. The van der Waals surface area contributed by atoms with Gasteiger partial charge in [0.1, 0.15) is 5.92 Å². The second-order valence-corrected chi connectivity index (χ2v) is 4.93. The molecule has 0 saturated heterocycles. The highest BCUT2D eigenvalue weighted by molar-refractivity contribution is 6.27. The standard InChI is InChI=1S/C12H17NO3/c1-7(2)10(13-16)9-8(14)5-6-12(3,4)11(9)15/h5-7,9,16H,1-4H3. The average molecular weight is 223 g/mol. The van der Waals surface area contributed by atoms with Gasteiger partial charge in [-0.3, -0.25) is 9.59 Å². The average Bonchev–Trinajstić information content (AvgIpc) is 2.19. The summed E-state index contributed by atoms with van der Waals surface area (Å²) in [5.74, 6) is -1.57. The summed E-state index contributed by atoms with van der Waals surface area (Å²) < 4.78 is 0. The molecule has 0 aliphatic heterocycles. The summed E-state index contributed by atoms with van der Waals surface area (Å²) in [4.78, 5) is 23.8. The molecule has 1 rings (SSSR count). The van der Waals surface area contributed by atoms with E-state index in [1.54, 1.807) is 33.8 Å². The van der Waals surface area contributed by atoms with Crippen LogP contribution in [-0.4, -0.2) is 22.5 Å². The van der Waals surface area contributed by atoms with Crippen molar-refractivity contribution in [2.75, 3.05) is 0 Å². The third kappa shape index (κ3) is 2.05. The Hall–Kier alpha value is -1.45. The van der Waals surface area contributed by atoms with Gasteiger partial charge in [0.05, 0.1) is 5.71 Å². The topological polar surface area (TPSA) is 66.7 Å². The van der Waals surface area contributed by atoms with Gasteiger partial charge in [-0.15, -0.1) is 0 Å². The molecule has 0 aromatic carbocycles. The lowest BCUT2D eigenvalue weighted by Crippen LogP contribution is -2.43. The molecule has 0 aromatic rings. The minimum absolute atomic E-state index is 0.134. The first-order chi connectivity index (χ1) is 7.31. The first-order valence-corrected chi connectivity index (χ1v) is 5.30. The number of hydrogen-bond donors (Lipinski definition) is 1. The van der Waals surface area contributed by atoms with E-state index in [-0.39, 0.29) is 23.2 Å². The van der Waals surface area contributed by atoms with Gasteiger partial charge in [0.2, 0.25) is 0 Å². The molecule has 4 nitrogen and oxygen atoms in total. The van der Waals surface area contributed by atoms with Crippen molar-refractivity contribution in [2.24, 2.45) is 22.4 Å². The fourth-order valence-corrected chi connectivity index (χ4v) is 1.76. The van der Waals surface area contributed by atoms with Crippen LogP contribution in [0.2, 0.25) is 0 Å². The molecule has 88 valence electrons. The Kier molecular flexibility index (Phi) is 3.31. The van der Waals surface area contributed by atoms with Crippen LogP contribution < -0.4 is 0 Å². The van der Waals surface area contributed by atoms with Gasteiger partial charge < -0.3 is 5.21 Å². The molecular formula is C12H17NO3. The van der Waals surface area contributed by atoms with Crippen LogP contribution in [0.1, 0.15) is 27.7 Å². The molecule has 0 aromatic heterocycles. The zero-order valence-corrected chi connectivity index (χ0v) is 10.0. The maximum Gasteiger partial charge on any atom is 0.171 e. The Labute approximate surface area is 95.0 Å². The van der Waals surface area contributed by atoms with Crippen LogP contribution in [0.4, 0.5) is 0 Å². The highest BCUT2D eigenvalue weighted by Gasteiger charge is 2.42. The van der Waals surface area contributed by atoms with Crippen molar-refractivity contribution in [3.63, 3.8) is 0 Å². The molecule has 0 amide bonds. The third-order valence-corrected chi connectivity index (χ3v) is 2.85. The van der Waals surface area contributed by atoms with Gasteiger partial charge in [0.25, 0.3) is 0 Å². The first-order valence-electron chi connectivity index (χ1n) is 5.30. The number of Topliss-reactive ketones (excluding diaryl/α,β-unsaturated/α-hetero) is 1. The lowest BCUT2D eigenvalue weighted by molar-refractivity contribution is -0.133. The fourth-order valence-electron chi connectivity index (χ4n) is 1.76. The number of ketones is 2. The van der Waals surface area contributed by atoms with E-state index in [2.05, 4.69) is 5.16 Å². The van der Waals surface area contributed by atoms with Crippen molar-refractivity contribution in [3.05, 3.63) is 12.2 Å². The number of carbonyl (C=O) groups excluding carboxylic acids is 2. The maximum absolute atomic E-state index is 12.1. The molecule has 4 heteroatoms. The molecule has 0 spiro atoms. The van der Waals surface area contributed by atoms with Crippen LogP contribution in [0.25, 0.3) is 0 Å². The van der Waals surface area contributed by atoms with Gasteiger partial charge in [-0.05, 0) is 25.8 Å². The van der Waals surface area contributed by atoms with Crippen molar-refractivity contribution < 1.29 is 14.8 Å². The summed E-state index contributed by atoms with van der Waals surface area (Å²) in [6, 6.07) is 0. The van der Waals surface area contributed by atoms with E-state index in [0.29, 0.717) is 0 Å². The number of hydrogen-bond acceptors (Lipinski definition) is 4. The SMILES string of the molecule is CC(C)C(=NO)C1C(=O)C=CC(C)(C)C1=O. The first kappa shape index (κ1) is 12.6. The number of nitrogens with zero attached hydrogens (tertiary/aromatic N) is 1. The van der Waals surface area contributed by atoms with E-state index < -0.39 is 11.3 Å². The van der Waals surface area contributed by atoms with Gasteiger partial charge in [0, 0.05) is 5.41 Å². The van der Waals surface area contributed by atoms with Gasteiger partial charge in [0.15, 0.2) is 11.6 Å². The van der Waals surface area contributed by atoms with Crippen molar-refractivity contribution in [2.45, 2.75) is 27.7 Å². The van der Waals surface area contributed by atoms with Gasteiger partial charge in [-0.25, -0.2) is 0 Å². The van der Waals surface area contributed by atoms with Crippen LogP contribution in [0.5, 0.6) is 0 Å². The molecule has 0 heterocycles. The lowest BCUT2D eigenvalue weighted by atomic mass is 9.71. The monoisotopic (exact) mass is 223 g/mol. The Balaban J connectivity index is 3.19. The smallest absolute Gasteiger partial charge is 0.171 e. The van der Waals surface area contributed by atoms with Gasteiger partial charge in [-0.1, -0.05) is 25.1 Å². The molecule has 0 bridgehead atoms. The van der Waals surface area contributed by atoms with Crippen LogP contribution in [0.3, 0.4) is 0 Å². The Morgan fingerprint density at radius 3 is 2.44 bits per heavy atom. The van der Waals surface area contributed by atoms with Crippen LogP contribution in [0, 0.1) is 17.3 Å². The van der Waals surface area contributed by atoms with E-state index >= 15 is 0 Å². The van der Waals surface area contributed by atoms with Crippen molar-refractivity contribution in [3.8, 4) is 0 Å². The van der Waals surface area contributed by atoms with Crippen molar-refractivity contribution in [1.82, 2.24) is 0 Å². The van der Waals surface area contributed by atoms with E-state index in [1.807, 2.05) is 0 Å². The second-order valence-electron chi connectivity index (χ2n) is 4.93. The predicted molar refractivity (Wildman–Crippen MR) is 60.5 cm³/mol. The molecule has 0 radical (unpaired) electrons. The van der Waals surface area contributed by atoms with Crippen LogP contribution in [0.15, 0.2) is 17.3 Å². The summed E-state index contributed by atoms with van der Waals surface area (Å²) in [5.41, 5.74) is -0.434. The third-order valence-electron chi connectivity index (χ3n) is 2.85. The zero-order chi connectivity index (χ0) is 12.5. The normalized spacial score (nSPS) is 25.3. The molecular weight excluding hydrogens is 206 g/mol. The van der Waals surface area contributed by atoms with Gasteiger partial charge >= 0.3 is 0 Å². The van der Waals surface area contributed by atoms with Crippen molar-refractivity contribution in [1.29, 1.82) is 0 Å². The van der Waals surface area contributed by atoms with E-state index in [1.165, 1.54) is 6.08 Å². The highest BCUT2D eigenvalue weighted by atomic mass is 16.4. The zero-order valence-electron chi connectivity index (χ0n) is 10.0. The summed E-state index contributed by atoms with van der Waals surface area (Å²) in [7, 11) is 0. The number of allylic oxidation sites excluding steroid dienone is 2. The Morgan fingerprint density at radius 1 is 1.44 bits per heavy atom. The van der Waals surface area contributed by atoms with E-state index in [9.17, 15) is 9.59 Å². The number of oxime groups is 1. The van der Waals surface area contributed by atoms with Crippen LogP contribution in [-0.2, 0) is 9.59 Å². The minimum Gasteiger partial charge on any atom is -0.411 e. The van der Waals surface area contributed by atoms with Crippen molar-refractivity contribution >= 4 is 17.3 Å². The molecule has 0 fully saturated rings. The summed E-state index contributed by atoms with van der Waals surface area (Å²) >= 11 is 0. The Morgan fingerprint density at radius 2 is 2.00 bits per heavy atom. The Bertz CT molecular complexity index is 378. The predicted octanol–water partition coefficient (Wildman–Crippen LogP) is 1.82. The highest BCUT2D eigenvalue weighted by Crippen LogP contribution is 2.30. The molecule has 1 N–H and O–H groups in total. The molecule has 1 atom stereocenters. The maximum atomic E-state index is 12.1. The minimum atomic E-state index is -0.926.